The third-order valence-electron chi connectivity index (χ3n) is 2.69. The van der Waals surface area contributed by atoms with Gasteiger partial charge in [0.15, 0.2) is 9.84 Å². The van der Waals surface area contributed by atoms with Crippen molar-refractivity contribution in [3.05, 3.63) is 18.3 Å². The van der Waals surface area contributed by atoms with E-state index in [1.807, 2.05) is 18.7 Å². The Bertz CT molecular complexity index is 569. The Labute approximate surface area is 120 Å². The molecule has 7 heteroatoms. The summed E-state index contributed by atoms with van der Waals surface area (Å²) in [5.41, 5.74) is 5.39. The van der Waals surface area contributed by atoms with Crippen molar-refractivity contribution in [2.45, 2.75) is 25.2 Å². The van der Waals surface area contributed by atoms with E-state index in [0.717, 1.165) is 0 Å². The maximum absolute atomic E-state index is 11.8. The highest BCUT2D eigenvalue weighted by molar-refractivity contribution is 7.90. The number of rotatable bonds is 7. The van der Waals surface area contributed by atoms with Gasteiger partial charge in [0, 0.05) is 32.0 Å². The topological polar surface area (TPSA) is 100 Å². The summed E-state index contributed by atoms with van der Waals surface area (Å²) in [6, 6.07) is 3.16. The van der Waals surface area contributed by atoms with Crippen LogP contribution in [0.4, 0.5) is 5.82 Å². The van der Waals surface area contributed by atoms with E-state index >= 15 is 0 Å². The van der Waals surface area contributed by atoms with Gasteiger partial charge in [0.25, 0.3) is 0 Å². The van der Waals surface area contributed by atoms with Crippen molar-refractivity contribution >= 4 is 21.5 Å². The van der Waals surface area contributed by atoms with Crippen LogP contribution >= 0.6 is 0 Å². The molecular formula is C13H22N4O2S. The van der Waals surface area contributed by atoms with Gasteiger partial charge in [-0.15, -0.1) is 0 Å². The van der Waals surface area contributed by atoms with Crippen molar-refractivity contribution in [3.8, 4) is 0 Å². The Morgan fingerprint density at radius 2 is 2.15 bits per heavy atom. The summed E-state index contributed by atoms with van der Waals surface area (Å²) in [6.07, 6.45) is 3.13. The van der Waals surface area contributed by atoms with E-state index < -0.39 is 9.84 Å². The average molecular weight is 298 g/mol. The van der Waals surface area contributed by atoms with Crippen molar-refractivity contribution in [2.24, 2.45) is 11.7 Å². The Morgan fingerprint density at radius 1 is 1.50 bits per heavy atom. The maximum Gasteiger partial charge on any atom is 0.179 e. The van der Waals surface area contributed by atoms with E-state index in [9.17, 15) is 8.42 Å². The molecule has 0 spiro atoms. The minimum Gasteiger partial charge on any atom is -0.388 e. The lowest BCUT2D eigenvalue weighted by Crippen LogP contribution is -2.33. The predicted molar refractivity (Wildman–Crippen MR) is 80.9 cm³/mol. The molecule has 0 aliphatic heterocycles. The van der Waals surface area contributed by atoms with Crippen LogP contribution in [0, 0.1) is 11.3 Å². The normalized spacial score (nSPS) is 11.6. The first-order valence-electron chi connectivity index (χ1n) is 6.44. The molecule has 0 fully saturated rings. The fraction of sp³-hybridized carbons (Fsp3) is 0.538. The summed E-state index contributed by atoms with van der Waals surface area (Å²) in [6.45, 7) is 5.23. The van der Waals surface area contributed by atoms with Crippen LogP contribution in [0.2, 0.25) is 0 Å². The SMILES string of the molecule is CC(C)CN(CCC(=N)N)c1ncccc1S(C)(=O)=O. The first kappa shape index (κ1) is 16.4. The zero-order valence-corrected chi connectivity index (χ0v) is 12.9. The molecular weight excluding hydrogens is 276 g/mol. The van der Waals surface area contributed by atoms with Crippen molar-refractivity contribution in [1.82, 2.24) is 4.98 Å². The van der Waals surface area contributed by atoms with Crippen LogP contribution in [0.1, 0.15) is 20.3 Å². The van der Waals surface area contributed by atoms with Gasteiger partial charge in [0.1, 0.15) is 10.7 Å². The quantitative estimate of drug-likeness (QED) is 0.583. The number of pyridine rings is 1. The highest BCUT2D eigenvalue weighted by Gasteiger charge is 2.20. The Kier molecular flexibility index (Phi) is 5.50. The molecule has 0 bridgehead atoms. The van der Waals surface area contributed by atoms with Crippen molar-refractivity contribution < 1.29 is 8.42 Å². The summed E-state index contributed by atoms with van der Waals surface area (Å²) in [5.74, 6) is 0.858. The highest BCUT2D eigenvalue weighted by Crippen LogP contribution is 2.23. The maximum atomic E-state index is 11.8. The van der Waals surface area contributed by atoms with Gasteiger partial charge < -0.3 is 10.6 Å². The molecule has 0 amide bonds. The molecule has 0 aliphatic rings. The van der Waals surface area contributed by atoms with Gasteiger partial charge in [-0.1, -0.05) is 13.8 Å². The number of nitrogens with two attached hydrogens (primary N) is 1. The predicted octanol–water partition coefficient (Wildman–Crippen LogP) is 1.27. The van der Waals surface area contributed by atoms with Crippen molar-refractivity contribution in [3.63, 3.8) is 0 Å². The van der Waals surface area contributed by atoms with Gasteiger partial charge >= 0.3 is 0 Å². The number of amidine groups is 1. The third kappa shape index (κ3) is 4.80. The summed E-state index contributed by atoms with van der Waals surface area (Å²) >= 11 is 0. The number of nitrogens with one attached hydrogen (secondary N) is 1. The molecule has 0 saturated carbocycles. The Balaban J connectivity index is 3.16. The van der Waals surface area contributed by atoms with Crippen LogP contribution in [0.15, 0.2) is 23.2 Å². The summed E-state index contributed by atoms with van der Waals surface area (Å²) in [5, 5.41) is 7.32. The van der Waals surface area contributed by atoms with Gasteiger partial charge in [-0.25, -0.2) is 13.4 Å². The number of sulfone groups is 1. The van der Waals surface area contributed by atoms with Gasteiger partial charge in [-0.3, -0.25) is 5.41 Å². The second-order valence-electron chi connectivity index (χ2n) is 5.21. The van der Waals surface area contributed by atoms with E-state index in [0.29, 0.717) is 31.2 Å². The lowest BCUT2D eigenvalue weighted by molar-refractivity contribution is 0.592. The Hall–Kier alpha value is -1.63. The average Bonchev–Trinajstić information content (AvgIpc) is 2.33. The fourth-order valence-electron chi connectivity index (χ4n) is 1.89. The first-order chi connectivity index (χ1) is 9.21. The van der Waals surface area contributed by atoms with Crippen LogP contribution in [-0.4, -0.2) is 38.6 Å². The number of aromatic nitrogens is 1. The summed E-state index contributed by atoms with van der Waals surface area (Å²) in [7, 11) is -3.34. The molecule has 112 valence electrons. The smallest absolute Gasteiger partial charge is 0.179 e. The molecule has 0 saturated heterocycles. The van der Waals surface area contributed by atoms with E-state index in [-0.39, 0.29) is 10.7 Å². The molecule has 0 aromatic carbocycles. The summed E-state index contributed by atoms with van der Waals surface area (Å²) in [4.78, 5) is 6.30. The molecule has 0 unspecified atom stereocenters. The van der Waals surface area contributed by atoms with Gasteiger partial charge in [-0.2, -0.15) is 0 Å². The molecule has 1 aromatic rings. The molecule has 0 aliphatic carbocycles. The number of hydrogen-bond acceptors (Lipinski definition) is 5. The molecule has 0 radical (unpaired) electrons. The van der Waals surface area contributed by atoms with Gasteiger partial charge in [0.2, 0.25) is 0 Å². The minimum absolute atomic E-state index is 0.0793. The minimum atomic E-state index is -3.34. The van der Waals surface area contributed by atoms with Crippen LogP contribution in [0.5, 0.6) is 0 Å². The van der Waals surface area contributed by atoms with Crippen LogP contribution < -0.4 is 10.6 Å². The molecule has 20 heavy (non-hydrogen) atoms. The number of anilines is 1. The van der Waals surface area contributed by atoms with Crippen LogP contribution in [-0.2, 0) is 9.84 Å². The standard InChI is InChI=1S/C13H22N4O2S/c1-10(2)9-17(8-6-12(14)15)13-11(20(3,18)19)5-4-7-16-13/h4-5,7,10H,6,8-9H2,1-3H3,(H3,14,15). The van der Waals surface area contributed by atoms with E-state index in [1.54, 1.807) is 18.3 Å². The molecule has 6 nitrogen and oxygen atoms in total. The highest BCUT2D eigenvalue weighted by atomic mass is 32.2. The lowest BCUT2D eigenvalue weighted by atomic mass is 10.2. The lowest BCUT2D eigenvalue weighted by Gasteiger charge is -2.27. The monoisotopic (exact) mass is 298 g/mol. The molecule has 1 rings (SSSR count). The number of hydrogen-bond donors (Lipinski definition) is 2. The second kappa shape index (κ2) is 6.69. The van der Waals surface area contributed by atoms with E-state index in [4.69, 9.17) is 11.1 Å². The first-order valence-corrected chi connectivity index (χ1v) is 8.34. The second-order valence-corrected chi connectivity index (χ2v) is 7.20. The molecule has 1 heterocycles. The Morgan fingerprint density at radius 3 is 2.65 bits per heavy atom. The van der Waals surface area contributed by atoms with E-state index in [1.165, 1.54) is 6.26 Å². The number of nitrogens with zero attached hydrogens (tertiary/aromatic N) is 2. The molecule has 3 N–H and O–H groups in total. The van der Waals surface area contributed by atoms with Crippen LogP contribution in [0.3, 0.4) is 0 Å². The van der Waals surface area contributed by atoms with Crippen molar-refractivity contribution in [2.75, 3.05) is 24.2 Å². The summed E-state index contributed by atoms with van der Waals surface area (Å²) < 4.78 is 23.7. The van der Waals surface area contributed by atoms with E-state index in [2.05, 4.69) is 4.98 Å². The molecule has 0 atom stereocenters. The third-order valence-corrected chi connectivity index (χ3v) is 3.80. The fourth-order valence-corrected chi connectivity index (χ4v) is 2.73. The van der Waals surface area contributed by atoms with Crippen LogP contribution in [0.25, 0.3) is 0 Å². The van der Waals surface area contributed by atoms with Gasteiger partial charge in [0.05, 0.1) is 5.84 Å². The molecule has 1 aromatic heterocycles. The zero-order chi connectivity index (χ0) is 15.3. The largest absolute Gasteiger partial charge is 0.388 e. The van der Waals surface area contributed by atoms with Gasteiger partial charge in [-0.05, 0) is 18.1 Å². The van der Waals surface area contributed by atoms with Crippen molar-refractivity contribution in [1.29, 1.82) is 5.41 Å². The zero-order valence-electron chi connectivity index (χ0n) is 12.1.